The fourth-order valence-corrected chi connectivity index (χ4v) is 4.71. The molecule has 32 heavy (non-hydrogen) atoms. The molecule has 0 saturated carbocycles. The van der Waals surface area contributed by atoms with Crippen molar-refractivity contribution >= 4 is 5.97 Å². The van der Waals surface area contributed by atoms with E-state index in [1.165, 1.54) is 7.11 Å². The molecule has 8 heteroatoms. The number of ether oxygens (including phenoxy) is 6. The molecule has 0 amide bonds. The van der Waals surface area contributed by atoms with E-state index in [-0.39, 0.29) is 12.8 Å². The number of benzene rings is 2. The third kappa shape index (κ3) is 3.21. The molecule has 172 valence electrons. The van der Waals surface area contributed by atoms with Gasteiger partial charge < -0.3 is 28.4 Å². The highest BCUT2D eigenvalue weighted by molar-refractivity contribution is 5.98. The van der Waals surface area contributed by atoms with Gasteiger partial charge in [-0.1, -0.05) is 19.9 Å². The zero-order valence-corrected chi connectivity index (χ0v) is 19.3. The smallest absolute Gasteiger partial charge is 0.343 e. The van der Waals surface area contributed by atoms with Gasteiger partial charge in [-0.2, -0.15) is 0 Å². The van der Waals surface area contributed by atoms with Crippen molar-refractivity contribution in [2.45, 2.75) is 32.4 Å². The fraction of sp³-hybridized carbons (Fsp3) is 0.458. The van der Waals surface area contributed by atoms with Gasteiger partial charge in [0, 0.05) is 17.7 Å². The number of rotatable bonds is 4. The van der Waals surface area contributed by atoms with Gasteiger partial charge in [0.25, 0.3) is 0 Å². The molecule has 2 atom stereocenters. The van der Waals surface area contributed by atoms with Crippen LogP contribution < -0.4 is 23.7 Å². The minimum atomic E-state index is -0.523. The number of nitrogens with zero attached hydrogens (tertiary/aromatic N) is 1. The molecule has 0 radical (unpaired) electrons. The van der Waals surface area contributed by atoms with E-state index in [0.29, 0.717) is 34.3 Å². The first-order valence-corrected chi connectivity index (χ1v) is 10.7. The van der Waals surface area contributed by atoms with Gasteiger partial charge in [-0.15, -0.1) is 0 Å². The van der Waals surface area contributed by atoms with Crippen molar-refractivity contribution in [3.8, 4) is 28.7 Å². The largest absolute Gasteiger partial charge is 0.493 e. The Bertz CT molecular complexity index is 1040. The van der Waals surface area contributed by atoms with Crippen LogP contribution in [-0.2, 0) is 11.2 Å². The number of likely N-dealkylation sites (N-methyl/N-ethyl adjacent to an activating group) is 1. The molecule has 3 heterocycles. The highest BCUT2D eigenvalue weighted by atomic mass is 16.7. The first-order valence-electron chi connectivity index (χ1n) is 10.7. The summed E-state index contributed by atoms with van der Waals surface area (Å²) in [5, 5.41) is 0. The number of esters is 1. The van der Waals surface area contributed by atoms with Gasteiger partial charge in [-0.25, -0.2) is 4.79 Å². The molecule has 0 aliphatic carbocycles. The molecule has 2 aromatic rings. The number of carbonyl (C=O) groups excluding carboxylic acids is 1. The summed E-state index contributed by atoms with van der Waals surface area (Å²) in [6, 6.07) is 5.43. The minimum Gasteiger partial charge on any atom is -0.493 e. The number of carbonyl (C=O) groups is 1. The zero-order valence-electron chi connectivity index (χ0n) is 19.3. The van der Waals surface area contributed by atoms with E-state index in [0.717, 1.165) is 29.7 Å². The Hall–Kier alpha value is -3.13. The van der Waals surface area contributed by atoms with Crippen LogP contribution in [0.3, 0.4) is 0 Å². The number of methoxy groups -OCH3 is 3. The van der Waals surface area contributed by atoms with Crippen LogP contribution in [0.15, 0.2) is 18.2 Å². The van der Waals surface area contributed by atoms with Gasteiger partial charge in [-0.3, -0.25) is 4.90 Å². The van der Waals surface area contributed by atoms with Gasteiger partial charge >= 0.3 is 5.97 Å². The highest BCUT2D eigenvalue weighted by Gasteiger charge is 2.46. The van der Waals surface area contributed by atoms with E-state index in [1.54, 1.807) is 20.3 Å². The number of fused-ring (bicyclic) bond motifs is 3. The van der Waals surface area contributed by atoms with Crippen molar-refractivity contribution in [1.29, 1.82) is 0 Å². The van der Waals surface area contributed by atoms with Gasteiger partial charge in [-0.05, 0) is 31.2 Å². The monoisotopic (exact) mass is 443 g/mol. The second kappa shape index (κ2) is 8.78. The summed E-state index contributed by atoms with van der Waals surface area (Å²) >= 11 is 0. The minimum absolute atomic E-state index is 0.160. The maximum Gasteiger partial charge on any atom is 0.343 e. The van der Waals surface area contributed by atoms with E-state index in [9.17, 15) is 4.79 Å². The normalized spacial score (nSPS) is 20.5. The topological polar surface area (TPSA) is 75.7 Å². The summed E-state index contributed by atoms with van der Waals surface area (Å²) in [6.07, 6.45) is 0.306. The first kappa shape index (κ1) is 22.1. The molecule has 5 rings (SSSR count). The summed E-state index contributed by atoms with van der Waals surface area (Å²) in [7, 11) is 6.70. The summed E-state index contributed by atoms with van der Waals surface area (Å²) < 4.78 is 33.8. The van der Waals surface area contributed by atoms with E-state index in [2.05, 4.69) is 4.90 Å². The van der Waals surface area contributed by atoms with Crippen LogP contribution >= 0.6 is 0 Å². The molecule has 2 aromatic carbocycles. The maximum atomic E-state index is 12.9. The predicted molar refractivity (Wildman–Crippen MR) is 117 cm³/mol. The van der Waals surface area contributed by atoms with Crippen LogP contribution in [0.25, 0.3) is 0 Å². The Morgan fingerprint density at radius 3 is 2.47 bits per heavy atom. The molecule has 3 aliphatic heterocycles. The van der Waals surface area contributed by atoms with Crippen LogP contribution in [-0.4, -0.2) is 52.6 Å². The highest BCUT2D eigenvalue weighted by Crippen LogP contribution is 2.55. The third-order valence-electron chi connectivity index (χ3n) is 6.06. The van der Waals surface area contributed by atoms with Crippen LogP contribution in [0, 0.1) is 0 Å². The van der Waals surface area contributed by atoms with Crippen LogP contribution in [0.5, 0.6) is 28.7 Å². The van der Waals surface area contributed by atoms with Crippen molar-refractivity contribution in [3.63, 3.8) is 0 Å². The van der Waals surface area contributed by atoms with Crippen LogP contribution in [0.2, 0.25) is 0 Å². The quantitative estimate of drug-likeness (QED) is 0.659. The molecule has 3 aliphatic rings. The Morgan fingerprint density at radius 2 is 1.78 bits per heavy atom. The molecule has 0 spiro atoms. The molecule has 0 fully saturated rings. The summed E-state index contributed by atoms with van der Waals surface area (Å²) in [4.78, 5) is 15.1. The molecule has 0 aromatic heterocycles. The van der Waals surface area contributed by atoms with Crippen molar-refractivity contribution in [1.82, 2.24) is 4.90 Å². The van der Waals surface area contributed by atoms with E-state index < -0.39 is 12.1 Å². The van der Waals surface area contributed by atoms with E-state index in [4.69, 9.17) is 28.4 Å². The lowest BCUT2D eigenvalue weighted by molar-refractivity contribution is 0.00874. The summed E-state index contributed by atoms with van der Waals surface area (Å²) in [5.41, 5.74) is 3.23. The number of cyclic esters (lactones) is 1. The Morgan fingerprint density at radius 1 is 1.03 bits per heavy atom. The molecule has 2 unspecified atom stereocenters. The molecule has 0 bridgehead atoms. The lowest BCUT2D eigenvalue weighted by atomic mass is 9.85. The molecule has 8 nitrogen and oxygen atoms in total. The second-order valence-electron chi connectivity index (χ2n) is 7.48. The Kier molecular flexibility index (Phi) is 6.06. The predicted octanol–water partition coefficient (Wildman–Crippen LogP) is 3.91. The maximum absolute atomic E-state index is 12.9. The average Bonchev–Trinajstić information content (AvgIpc) is 3.42. The van der Waals surface area contributed by atoms with Gasteiger partial charge in [0.05, 0.1) is 27.4 Å². The lowest BCUT2D eigenvalue weighted by Crippen LogP contribution is -2.36. The van der Waals surface area contributed by atoms with Gasteiger partial charge in [0.1, 0.15) is 11.7 Å². The summed E-state index contributed by atoms with van der Waals surface area (Å²) in [5.74, 6) is 2.36. The Labute approximate surface area is 187 Å². The van der Waals surface area contributed by atoms with Crippen molar-refractivity contribution in [3.05, 3.63) is 40.5 Å². The van der Waals surface area contributed by atoms with E-state index in [1.807, 2.05) is 33.0 Å². The average molecular weight is 443 g/mol. The zero-order chi connectivity index (χ0) is 23.0. The summed E-state index contributed by atoms with van der Waals surface area (Å²) in [6.45, 7) is 4.96. The SMILES string of the molecule is CC.COc1ccc2c(c1OC)C(=O)OC2C1c2c(cc3c(c2OC)OCO3)CCN1C. The lowest BCUT2D eigenvalue weighted by Gasteiger charge is -2.38. The standard InChI is InChI=1S/C22H23NO7.C2H6/c1-23-8-7-11-9-14-20(29-10-28-14)21(27-4)15(11)17(23)18-12-5-6-13(25-2)19(26-3)16(12)22(24)30-18;1-2/h5-6,9,17-18H,7-8,10H2,1-4H3;1-2H3. The van der Waals surface area contributed by atoms with Crippen LogP contribution in [0.4, 0.5) is 0 Å². The number of hydrogen-bond donors (Lipinski definition) is 0. The Balaban J connectivity index is 0.00000119. The molecular formula is C24H29NO7. The van der Waals surface area contributed by atoms with Gasteiger partial charge in [0.15, 0.2) is 23.0 Å². The third-order valence-corrected chi connectivity index (χ3v) is 6.06. The fourth-order valence-electron chi connectivity index (χ4n) is 4.71. The van der Waals surface area contributed by atoms with Crippen LogP contribution in [0.1, 0.15) is 53.0 Å². The van der Waals surface area contributed by atoms with Gasteiger partial charge in [0.2, 0.25) is 12.5 Å². The molecule has 0 saturated heterocycles. The first-order chi connectivity index (χ1) is 15.6. The molecular weight excluding hydrogens is 414 g/mol. The van der Waals surface area contributed by atoms with E-state index >= 15 is 0 Å². The second-order valence-corrected chi connectivity index (χ2v) is 7.48. The van der Waals surface area contributed by atoms with Crippen molar-refractivity contribution in [2.24, 2.45) is 0 Å². The molecule has 0 N–H and O–H groups in total. The van der Waals surface area contributed by atoms with Crippen molar-refractivity contribution in [2.75, 3.05) is 41.7 Å². The van der Waals surface area contributed by atoms with Crippen molar-refractivity contribution < 1.29 is 33.2 Å². The number of hydrogen-bond acceptors (Lipinski definition) is 8.